The van der Waals surface area contributed by atoms with E-state index in [1.54, 1.807) is 19.1 Å². The summed E-state index contributed by atoms with van der Waals surface area (Å²) in [4.78, 5) is 28.0. The molecule has 0 bridgehead atoms. The minimum Gasteiger partial charge on any atom is -0.450 e. The third-order valence-corrected chi connectivity index (χ3v) is 5.81. The number of hydrogen-bond acceptors (Lipinski definition) is 6. The van der Waals surface area contributed by atoms with Gasteiger partial charge in [-0.3, -0.25) is 14.5 Å². The summed E-state index contributed by atoms with van der Waals surface area (Å²) in [5, 5.41) is 9.69. The van der Waals surface area contributed by atoms with Crippen LogP contribution in [0.1, 0.15) is 32.7 Å². The topological polar surface area (TPSA) is 76.3 Å². The Labute approximate surface area is 172 Å². The molecule has 4 aromatic rings. The number of halogens is 2. The lowest BCUT2D eigenvalue weighted by molar-refractivity contribution is 0.0970. The van der Waals surface area contributed by atoms with Crippen LogP contribution in [0, 0.1) is 12.7 Å². The van der Waals surface area contributed by atoms with Gasteiger partial charge in [0.2, 0.25) is 10.9 Å². The summed E-state index contributed by atoms with van der Waals surface area (Å²) in [5.74, 6) is -0.986. The molecule has 0 radical (unpaired) electrons. The SMILES string of the molecule is Cc1nnc(N2C(=O)c3oc4ccc(Cl)cc4c(=O)c3[C@H]2c2ccc(F)cc2)s1. The van der Waals surface area contributed by atoms with Crippen LogP contribution in [0.5, 0.6) is 0 Å². The Bertz CT molecular complexity index is 1350. The van der Waals surface area contributed by atoms with E-state index in [-0.39, 0.29) is 27.7 Å². The molecular weight excluding hydrogens is 417 g/mol. The molecule has 2 aromatic heterocycles. The molecule has 0 aliphatic carbocycles. The first-order chi connectivity index (χ1) is 13.9. The Morgan fingerprint density at radius 1 is 1.14 bits per heavy atom. The summed E-state index contributed by atoms with van der Waals surface area (Å²) in [6.45, 7) is 1.77. The van der Waals surface area contributed by atoms with E-state index in [9.17, 15) is 14.0 Å². The van der Waals surface area contributed by atoms with E-state index in [1.165, 1.54) is 46.6 Å². The predicted octanol–water partition coefficient (Wildman–Crippen LogP) is 4.50. The van der Waals surface area contributed by atoms with Crippen molar-refractivity contribution < 1.29 is 13.6 Å². The fourth-order valence-electron chi connectivity index (χ4n) is 3.49. The molecule has 1 amide bonds. The van der Waals surface area contributed by atoms with E-state index in [1.807, 2.05) is 0 Å². The molecule has 0 unspecified atom stereocenters. The van der Waals surface area contributed by atoms with Gasteiger partial charge in [0.15, 0.2) is 5.43 Å². The molecule has 144 valence electrons. The molecule has 1 aliphatic rings. The van der Waals surface area contributed by atoms with Gasteiger partial charge in [-0.15, -0.1) is 10.2 Å². The van der Waals surface area contributed by atoms with Crippen LogP contribution in [0.3, 0.4) is 0 Å². The number of fused-ring (bicyclic) bond motifs is 2. The molecule has 6 nitrogen and oxygen atoms in total. The third-order valence-electron chi connectivity index (χ3n) is 4.74. The number of amides is 1. The lowest BCUT2D eigenvalue weighted by atomic mass is 9.99. The smallest absolute Gasteiger partial charge is 0.297 e. The van der Waals surface area contributed by atoms with E-state index in [4.69, 9.17) is 16.0 Å². The van der Waals surface area contributed by atoms with Crippen LogP contribution < -0.4 is 10.3 Å². The zero-order valence-electron chi connectivity index (χ0n) is 14.8. The first-order valence-corrected chi connectivity index (χ1v) is 9.79. The second-order valence-corrected chi connectivity index (χ2v) is 8.14. The highest BCUT2D eigenvalue weighted by molar-refractivity contribution is 7.15. The molecule has 2 aromatic carbocycles. The standard InChI is InChI=1S/C20H11ClFN3O3S/c1-9-23-24-20(29-9)25-16(10-2-5-12(22)6-3-10)15-17(26)13-8-11(21)4-7-14(13)28-18(15)19(25)27/h2-8,16H,1H3/t16-/m1/s1. The second kappa shape index (κ2) is 6.47. The third kappa shape index (κ3) is 2.75. The highest BCUT2D eigenvalue weighted by Crippen LogP contribution is 2.42. The Balaban J connectivity index is 1.83. The molecule has 1 atom stereocenters. The molecule has 0 spiro atoms. The first-order valence-electron chi connectivity index (χ1n) is 8.59. The molecule has 0 saturated carbocycles. The number of hydrogen-bond donors (Lipinski definition) is 0. The average Bonchev–Trinajstić information content (AvgIpc) is 3.25. The molecule has 0 saturated heterocycles. The first kappa shape index (κ1) is 18.0. The van der Waals surface area contributed by atoms with E-state index in [0.717, 1.165) is 0 Å². The van der Waals surface area contributed by atoms with E-state index in [2.05, 4.69) is 10.2 Å². The Hall–Kier alpha value is -3.10. The van der Waals surface area contributed by atoms with Crippen molar-refractivity contribution >= 4 is 44.9 Å². The van der Waals surface area contributed by atoms with Gasteiger partial charge in [0, 0.05) is 5.02 Å². The molecule has 1 aliphatic heterocycles. The normalized spacial score (nSPS) is 15.9. The van der Waals surface area contributed by atoms with Crippen molar-refractivity contribution in [1.82, 2.24) is 10.2 Å². The summed E-state index contributed by atoms with van der Waals surface area (Å²) in [6, 6.07) is 9.45. The number of nitrogens with zero attached hydrogens (tertiary/aromatic N) is 3. The molecular formula is C20H11ClFN3O3S. The van der Waals surface area contributed by atoms with Gasteiger partial charge in [-0.1, -0.05) is 35.1 Å². The zero-order valence-corrected chi connectivity index (χ0v) is 16.4. The minimum atomic E-state index is -0.815. The van der Waals surface area contributed by atoms with Crippen molar-refractivity contribution in [2.45, 2.75) is 13.0 Å². The quantitative estimate of drug-likeness (QED) is 0.471. The van der Waals surface area contributed by atoms with Gasteiger partial charge in [-0.25, -0.2) is 4.39 Å². The molecule has 9 heteroatoms. The van der Waals surface area contributed by atoms with Crippen LogP contribution in [0.15, 0.2) is 51.7 Å². The number of carbonyl (C=O) groups is 1. The maximum atomic E-state index is 13.5. The van der Waals surface area contributed by atoms with Gasteiger partial charge in [-0.2, -0.15) is 0 Å². The number of rotatable bonds is 2. The van der Waals surface area contributed by atoms with Crippen LogP contribution in [0.25, 0.3) is 11.0 Å². The highest BCUT2D eigenvalue weighted by atomic mass is 35.5. The Kier molecular flexibility index (Phi) is 4.01. The number of carbonyl (C=O) groups excluding carboxylic acids is 1. The fourth-order valence-corrected chi connectivity index (χ4v) is 4.37. The monoisotopic (exact) mass is 427 g/mol. The second-order valence-electron chi connectivity index (χ2n) is 6.55. The van der Waals surface area contributed by atoms with Crippen LogP contribution in [0.4, 0.5) is 9.52 Å². The number of aromatic nitrogens is 2. The lowest BCUT2D eigenvalue weighted by Gasteiger charge is -2.22. The maximum absolute atomic E-state index is 13.5. The summed E-state index contributed by atoms with van der Waals surface area (Å²) in [6.07, 6.45) is 0. The molecule has 0 fully saturated rings. The largest absolute Gasteiger partial charge is 0.450 e. The Morgan fingerprint density at radius 3 is 2.59 bits per heavy atom. The summed E-state index contributed by atoms with van der Waals surface area (Å²) in [5.41, 5.74) is 0.624. The van der Waals surface area contributed by atoms with E-state index in [0.29, 0.717) is 20.7 Å². The van der Waals surface area contributed by atoms with Crippen molar-refractivity contribution in [2.24, 2.45) is 0 Å². The van der Waals surface area contributed by atoms with E-state index >= 15 is 0 Å². The van der Waals surface area contributed by atoms with Gasteiger partial charge in [0.1, 0.15) is 16.4 Å². The summed E-state index contributed by atoms with van der Waals surface area (Å²) >= 11 is 7.27. The molecule has 0 N–H and O–H groups in total. The van der Waals surface area contributed by atoms with Crippen LogP contribution in [-0.4, -0.2) is 16.1 Å². The van der Waals surface area contributed by atoms with Gasteiger partial charge in [0.05, 0.1) is 17.0 Å². The van der Waals surface area contributed by atoms with Crippen molar-refractivity contribution in [2.75, 3.05) is 4.90 Å². The Morgan fingerprint density at radius 2 is 1.90 bits per heavy atom. The van der Waals surface area contributed by atoms with Gasteiger partial charge < -0.3 is 4.42 Å². The van der Waals surface area contributed by atoms with Crippen LogP contribution in [0.2, 0.25) is 5.02 Å². The maximum Gasteiger partial charge on any atom is 0.297 e. The predicted molar refractivity (Wildman–Crippen MR) is 107 cm³/mol. The summed E-state index contributed by atoms with van der Waals surface area (Å²) < 4.78 is 19.3. The van der Waals surface area contributed by atoms with Crippen molar-refractivity contribution in [3.8, 4) is 0 Å². The van der Waals surface area contributed by atoms with Crippen LogP contribution >= 0.6 is 22.9 Å². The van der Waals surface area contributed by atoms with Crippen LogP contribution in [-0.2, 0) is 0 Å². The number of benzene rings is 2. The van der Waals surface area contributed by atoms with Crippen molar-refractivity contribution in [1.29, 1.82) is 0 Å². The van der Waals surface area contributed by atoms with Crippen molar-refractivity contribution in [3.63, 3.8) is 0 Å². The molecule has 3 heterocycles. The van der Waals surface area contributed by atoms with Gasteiger partial charge in [0.25, 0.3) is 5.91 Å². The summed E-state index contributed by atoms with van der Waals surface area (Å²) in [7, 11) is 0. The van der Waals surface area contributed by atoms with E-state index < -0.39 is 17.8 Å². The molecule has 29 heavy (non-hydrogen) atoms. The molecule has 5 rings (SSSR count). The fraction of sp³-hybridized carbons (Fsp3) is 0.100. The lowest BCUT2D eigenvalue weighted by Crippen LogP contribution is -2.29. The average molecular weight is 428 g/mol. The van der Waals surface area contributed by atoms with Gasteiger partial charge in [-0.05, 0) is 42.8 Å². The number of anilines is 1. The zero-order chi connectivity index (χ0) is 20.3. The van der Waals surface area contributed by atoms with Crippen molar-refractivity contribution in [3.05, 3.63) is 85.4 Å². The highest BCUT2D eigenvalue weighted by Gasteiger charge is 2.45. The van der Waals surface area contributed by atoms with Gasteiger partial charge >= 0.3 is 0 Å². The minimum absolute atomic E-state index is 0.0630. The number of aryl methyl sites for hydroxylation is 1.